The van der Waals surface area contributed by atoms with E-state index in [2.05, 4.69) is 63.7 Å². The lowest BCUT2D eigenvalue weighted by atomic mass is 9.97. The first-order chi connectivity index (χ1) is 35.5. The topological polar surface area (TPSA) is 167 Å². The molecule has 10 nitrogen and oxygen atoms in total. The number of hydrogen-bond acceptors (Lipinski definition) is 8. The van der Waals surface area contributed by atoms with Crippen LogP contribution in [0.4, 0.5) is 0 Å². The molecule has 0 spiro atoms. The van der Waals surface area contributed by atoms with Gasteiger partial charge in [0.1, 0.15) is 11.6 Å². The van der Waals surface area contributed by atoms with Crippen molar-refractivity contribution in [1.29, 1.82) is 26.3 Å². The standard InChI is InChI=1S/C62H32N10/c63-33-38-19-23-47(45(27-38)35-65)42-21-25-56-51(29-42)49-15-7-9-17-54(49)71(56)58-31-44(62-69-60(40-11-3-1-4-12-40)68-61(70-62)41-13-5-2-6-14-41)32-59(53(58)37-67)72-55-18-10-8-16-50(55)52-30-43(22-26-57(52)72)48-24-20-39(34-64)28-46(48)36-66/h1-32H. The third kappa shape index (κ3) is 6.96. The Morgan fingerprint density at radius 2 is 0.708 bits per heavy atom. The molecule has 330 valence electrons. The van der Waals surface area contributed by atoms with E-state index >= 15 is 0 Å². The molecule has 0 saturated heterocycles. The van der Waals surface area contributed by atoms with Crippen LogP contribution in [0.15, 0.2) is 194 Å². The number of nitriles is 5. The Morgan fingerprint density at radius 1 is 0.306 bits per heavy atom. The fraction of sp³-hybridized carbons (Fsp3) is 0. The molecule has 0 bridgehead atoms. The molecule has 12 aromatic rings. The molecule has 0 aliphatic carbocycles. The predicted octanol–water partition coefficient (Wildman–Crippen LogP) is 13.8. The second-order valence-electron chi connectivity index (χ2n) is 17.2. The number of hydrogen-bond donors (Lipinski definition) is 0. The van der Waals surface area contributed by atoms with Gasteiger partial charge in [-0.2, -0.15) is 26.3 Å². The Bertz CT molecular complexity index is 4180. The SMILES string of the molecule is N#Cc1ccc(-c2ccc3c(c2)c2ccccc2n3-c2cc(-c3nc(-c4ccccc4)nc(-c4ccccc4)n3)cc(-n3c4ccccc4c4cc(-c5ccc(C#N)cc5C#N)ccc43)c2C#N)c(C#N)c1. The molecule has 3 aromatic heterocycles. The quantitative estimate of drug-likeness (QED) is 0.152. The van der Waals surface area contributed by atoms with Crippen molar-refractivity contribution in [2.24, 2.45) is 0 Å². The van der Waals surface area contributed by atoms with Crippen molar-refractivity contribution in [2.75, 3.05) is 0 Å². The number of fused-ring (bicyclic) bond motifs is 6. The first-order valence-electron chi connectivity index (χ1n) is 22.9. The lowest BCUT2D eigenvalue weighted by Gasteiger charge is -2.18. The summed E-state index contributed by atoms with van der Waals surface area (Å²) in [6.45, 7) is 0. The lowest BCUT2D eigenvalue weighted by molar-refractivity contribution is 1.06. The fourth-order valence-corrected chi connectivity index (χ4v) is 9.86. The zero-order valence-corrected chi connectivity index (χ0v) is 37.9. The van der Waals surface area contributed by atoms with Crippen LogP contribution in [0.25, 0.3) is 111 Å². The molecule has 10 heteroatoms. The van der Waals surface area contributed by atoms with Crippen LogP contribution in [0.2, 0.25) is 0 Å². The van der Waals surface area contributed by atoms with Crippen molar-refractivity contribution in [3.63, 3.8) is 0 Å². The Balaban J connectivity index is 1.17. The summed E-state index contributed by atoms with van der Waals surface area (Å²) in [6, 6.07) is 73.5. The monoisotopic (exact) mass is 916 g/mol. The smallest absolute Gasteiger partial charge is 0.164 e. The first kappa shape index (κ1) is 42.4. The first-order valence-corrected chi connectivity index (χ1v) is 22.9. The predicted molar refractivity (Wildman–Crippen MR) is 279 cm³/mol. The summed E-state index contributed by atoms with van der Waals surface area (Å²) in [7, 11) is 0. The average molecular weight is 917 g/mol. The van der Waals surface area contributed by atoms with E-state index in [-0.39, 0.29) is 0 Å². The van der Waals surface area contributed by atoms with Gasteiger partial charge in [-0.25, -0.2) is 15.0 Å². The summed E-state index contributed by atoms with van der Waals surface area (Å²) in [5, 5.41) is 54.9. The van der Waals surface area contributed by atoms with Crippen LogP contribution in [-0.4, -0.2) is 24.1 Å². The minimum absolute atomic E-state index is 0.385. The summed E-state index contributed by atoms with van der Waals surface area (Å²) in [5.74, 6) is 1.37. The molecule has 0 unspecified atom stereocenters. The molecule has 0 saturated carbocycles. The van der Waals surface area contributed by atoms with Gasteiger partial charge in [-0.05, 0) is 95.1 Å². The highest BCUT2D eigenvalue weighted by Gasteiger charge is 2.25. The van der Waals surface area contributed by atoms with E-state index < -0.39 is 0 Å². The van der Waals surface area contributed by atoms with Crippen LogP contribution in [0.3, 0.4) is 0 Å². The molecule has 0 amide bonds. The fourth-order valence-electron chi connectivity index (χ4n) is 9.86. The highest BCUT2D eigenvalue weighted by molar-refractivity contribution is 6.12. The Labute approximate surface area is 412 Å². The molecule has 3 heterocycles. The van der Waals surface area contributed by atoms with Gasteiger partial charge < -0.3 is 9.13 Å². The van der Waals surface area contributed by atoms with Crippen LogP contribution in [0.1, 0.15) is 27.8 Å². The summed E-state index contributed by atoms with van der Waals surface area (Å²) in [5.41, 5.74) is 11.8. The van der Waals surface area contributed by atoms with Crippen molar-refractivity contribution in [3.8, 4) is 98.1 Å². The van der Waals surface area contributed by atoms with Crippen molar-refractivity contribution in [1.82, 2.24) is 24.1 Å². The second-order valence-corrected chi connectivity index (χ2v) is 17.2. The highest BCUT2D eigenvalue weighted by atomic mass is 15.1. The third-order valence-corrected chi connectivity index (χ3v) is 13.2. The minimum Gasteiger partial charge on any atom is -0.308 e. The Morgan fingerprint density at radius 3 is 1.12 bits per heavy atom. The lowest BCUT2D eigenvalue weighted by Crippen LogP contribution is -2.07. The summed E-state index contributed by atoms with van der Waals surface area (Å²) in [4.78, 5) is 15.4. The molecule has 0 N–H and O–H groups in total. The molecule has 0 fully saturated rings. The van der Waals surface area contributed by atoms with Gasteiger partial charge in [0, 0.05) is 38.2 Å². The highest BCUT2D eigenvalue weighted by Crippen LogP contribution is 2.42. The Kier molecular flexibility index (Phi) is 10.2. The molecule has 72 heavy (non-hydrogen) atoms. The van der Waals surface area contributed by atoms with Gasteiger partial charge >= 0.3 is 0 Å². The van der Waals surface area contributed by atoms with Gasteiger partial charge in [0.2, 0.25) is 0 Å². The third-order valence-electron chi connectivity index (χ3n) is 13.2. The normalized spacial score (nSPS) is 11.0. The molecule has 0 atom stereocenters. The second kappa shape index (κ2) is 17.3. The van der Waals surface area contributed by atoms with Crippen LogP contribution < -0.4 is 0 Å². The maximum Gasteiger partial charge on any atom is 0.164 e. The number of aromatic nitrogens is 5. The summed E-state index contributed by atoms with van der Waals surface area (Å²) in [6.07, 6.45) is 0. The molecular weight excluding hydrogens is 885 g/mol. The van der Waals surface area contributed by atoms with E-state index in [0.29, 0.717) is 73.4 Å². The molecular formula is C62H32N10. The van der Waals surface area contributed by atoms with Crippen LogP contribution in [0.5, 0.6) is 0 Å². The van der Waals surface area contributed by atoms with E-state index in [4.69, 9.17) is 15.0 Å². The van der Waals surface area contributed by atoms with E-state index in [9.17, 15) is 26.3 Å². The van der Waals surface area contributed by atoms with E-state index in [1.54, 1.807) is 24.3 Å². The van der Waals surface area contributed by atoms with Crippen LogP contribution >= 0.6 is 0 Å². The molecule has 9 aromatic carbocycles. The molecule has 0 aliphatic rings. The molecule has 12 rings (SSSR count). The van der Waals surface area contributed by atoms with Gasteiger partial charge in [-0.3, -0.25) is 0 Å². The van der Waals surface area contributed by atoms with Gasteiger partial charge in [-0.1, -0.05) is 121 Å². The van der Waals surface area contributed by atoms with E-state index in [0.717, 1.165) is 65.9 Å². The van der Waals surface area contributed by atoms with E-state index in [1.807, 2.05) is 146 Å². The zero-order valence-electron chi connectivity index (χ0n) is 37.9. The largest absolute Gasteiger partial charge is 0.308 e. The van der Waals surface area contributed by atoms with Gasteiger partial charge in [0.05, 0.1) is 80.0 Å². The average Bonchev–Trinajstić information content (AvgIpc) is 3.96. The van der Waals surface area contributed by atoms with Crippen LogP contribution in [-0.2, 0) is 0 Å². The number of nitrogens with zero attached hydrogens (tertiary/aromatic N) is 10. The molecule has 0 radical (unpaired) electrons. The maximum atomic E-state index is 11.7. The molecule has 0 aliphatic heterocycles. The Hall–Kier alpha value is -11.0. The van der Waals surface area contributed by atoms with Crippen molar-refractivity contribution in [3.05, 3.63) is 222 Å². The maximum absolute atomic E-state index is 11.7. The van der Waals surface area contributed by atoms with Gasteiger partial charge in [-0.15, -0.1) is 0 Å². The van der Waals surface area contributed by atoms with Crippen molar-refractivity contribution < 1.29 is 0 Å². The zero-order chi connectivity index (χ0) is 48.9. The van der Waals surface area contributed by atoms with Crippen molar-refractivity contribution in [2.45, 2.75) is 0 Å². The van der Waals surface area contributed by atoms with Gasteiger partial charge in [0.15, 0.2) is 17.5 Å². The van der Waals surface area contributed by atoms with Crippen LogP contribution in [0, 0.1) is 56.7 Å². The number of rotatable bonds is 7. The minimum atomic E-state index is 0.385. The van der Waals surface area contributed by atoms with E-state index in [1.165, 1.54) is 0 Å². The number of para-hydroxylation sites is 2. The summed E-state index contributed by atoms with van der Waals surface area (Å²) >= 11 is 0. The van der Waals surface area contributed by atoms with Crippen molar-refractivity contribution >= 4 is 43.6 Å². The van der Waals surface area contributed by atoms with Gasteiger partial charge in [0.25, 0.3) is 0 Å². The summed E-state index contributed by atoms with van der Waals surface area (Å²) < 4.78 is 4.23. The number of benzene rings is 9.